The van der Waals surface area contributed by atoms with Crippen molar-refractivity contribution in [1.29, 1.82) is 0 Å². The first-order valence-electron chi connectivity index (χ1n) is 9.22. The summed E-state index contributed by atoms with van der Waals surface area (Å²) in [6, 6.07) is 4.87. The molecule has 0 aliphatic carbocycles. The highest BCUT2D eigenvalue weighted by atomic mass is 19.1. The average molecular weight is 398 g/mol. The summed E-state index contributed by atoms with van der Waals surface area (Å²) in [5.74, 6) is 0.112. The first-order chi connectivity index (χ1) is 14.0. The maximum Gasteiger partial charge on any atom is 0.235 e. The first-order valence-corrected chi connectivity index (χ1v) is 9.22. The van der Waals surface area contributed by atoms with Gasteiger partial charge in [-0.25, -0.2) is 8.78 Å². The fraction of sp³-hybridized carbons (Fsp3) is 0.263. The Labute approximate surface area is 165 Å². The van der Waals surface area contributed by atoms with Crippen molar-refractivity contribution in [2.24, 2.45) is 0 Å². The van der Waals surface area contributed by atoms with Crippen LogP contribution in [0.25, 0.3) is 6.08 Å². The maximum atomic E-state index is 14.3. The van der Waals surface area contributed by atoms with Gasteiger partial charge in [0, 0.05) is 18.2 Å². The van der Waals surface area contributed by atoms with Crippen LogP contribution in [0.15, 0.2) is 30.3 Å². The molecule has 0 amide bonds. The number of H-pyrrole nitrogens is 1. The number of nitrogens with one attached hydrogen (secondary N) is 2. The number of nitrogens with two attached hydrogens (primary N) is 1. The molecule has 1 fully saturated rings. The van der Waals surface area contributed by atoms with Crippen molar-refractivity contribution in [2.45, 2.75) is 25.8 Å². The Morgan fingerprint density at radius 1 is 1.24 bits per heavy atom. The SMILES string of the molecule is C/C=C/c1cc(Nc2nc(N)nc(N3CCC[C@@H]3c3cc(F)ccc3F)n2)n[nH]1. The summed E-state index contributed by atoms with van der Waals surface area (Å²) in [6.07, 6.45) is 5.20. The van der Waals surface area contributed by atoms with E-state index in [2.05, 4.69) is 30.5 Å². The molecule has 0 radical (unpaired) electrons. The summed E-state index contributed by atoms with van der Waals surface area (Å²) < 4.78 is 28.0. The molecule has 4 N–H and O–H groups in total. The Hall–Kier alpha value is -3.56. The van der Waals surface area contributed by atoms with Crippen molar-refractivity contribution in [3.63, 3.8) is 0 Å². The van der Waals surface area contributed by atoms with Gasteiger partial charge in [0.2, 0.25) is 17.8 Å². The molecule has 3 heterocycles. The zero-order valence-electron chi connectivity index (χ0n) is 15.7. The van der Waals surface area contributed by atoms with E-state index in [4.69, 9.17) is 5.73 Å². The number of hydrogen-bond acceptors (Lipinski definition) is 7. The normalized spacial score (nSPS) is 16.7. The molecule has 0 saturated carbocycles. The Morgan fingerprint density at radius 2 is 2.10 bits per heavy atom. The molecule has 0 bridgehead atoms. The van der Waals surface area contributed by atoms with Gasteiger partial charge in [0.05, 0.1) is 11.7 Å². The predicted molar refractivity (Wildman–Crippen MR) is 106 cm³/mol. The number of rotatable bonds is 5. The Balaban J connectivity index is 1.63. The highest BCUT2D eigenvalue weighted by Crippen LogP contribution is 2.36. The molecule has 0 spiro atoms. The lowest BCUT2D eigenvalue weighted by Gasteiger charge is -2.25. The smallest absolute Gasteiger partial charge is 0.235 e. The molecular weight excluding hydrogens is 378 g/mol. The summed E-state index contributed by atoms with van der Waals surface area (Å²) in [5.41, 5.74) is 6.96. The van der Waals surface area contributed by atoms with Crippen LogP contribution in [0.2, 0.25) is 0 Å². The quantitative estimate of drug-likeness (QED) is 0.603. The van der Waals surface area contributed by atoms with Crippen LogP contribution in [0, 0.1) is 11.6 Å². The topological polar surface area (TPSA) is 109 Å². The fourth-order valence-corrected chi connectivity index (χ4v) is 3.44. The number of aromatic nitrogens is 5. The van der Waals surface area contributed by atoms with E-state index < -0.39 is 11.6 Å². The molecular formula is C19H20F2N8. The van der Waals surface area contributed by atoms with E-state index in [0.29, 0.717) is 24.7 Å². The van der Waals surface area contributed by atoms with Gasteiger partial charge in [-0.2, -0.15) is 20.1 Å². The van der Waals surface area contributed by atoms with Crippen LogP contribution in [0.4, 0.5) is 32.4 Å². The zero-order chi connectivity index (χ0) is 20.4. The van der Waals surface area contributed by atoms with Gasteiger partial charge in [0.15, 0.2) is 5.82 Å². The number of anilines is 4. The third-order valence-corrected chi connectivity index (χ3v) is 4.65. The second-order valence-electron chi connectivity index (χ2n) is 6.67. The second-order valence-corrected chi connectivity index (χ2v) is 6.67. The van der Waals surface area contributed by atoms with Crippen molar-refractivity contribution in [3.8, 4) is 0 Å². The van der Waals surface area contributed by atoms with E-state index in [0.717, 1.165) is 24.2 Å². The molecule has 10 heteroatoms. The van der Waals surface area contributed by atoms with Gasteiger partial charge >= 0.3 is 0 Å². The lowest BCUT2D eigenvalue weighted by atomic mass is 10.0. The van der Waals surface area contributed by atoms with Crippen molar-refractivity contribution < 1.29 is 8.78 Å². The lowest BCUT2D eigenvalue weighted by Crippen LogP contribution is -2.26. The number of benzene rings is 1. The molecule has 1 atom stereocenters. The molecule has 1 aliphatic rings. The monoisotopic (exact) mass is 398 g/mol. The van der Waals surface area contributed by atoms with Gasteiger partial charge in [0.1, 0.15) is 11.6 Å². The van der Waals surface area contributed by atoms with Crippen molar-refractivity contribution >= 4 is 29.7 Å². The van der Waals surface area contributed by atoms with Crippen LogP contribution in [0.1, 0.15) is 37.1 Å². The van der Waals surface area contributed by atoms with Crippen molar-refractivity contribution in [2.75, 3.05) is 22.5 Å². The van der Waals surface area contributed by atoms with Crippen molar-refractivity contribution in [1.82, 2.24) is 25.1 Å². The highest BCUT2D eigenvalue weighted by molar-refractivity contribution is 5.56. The van der Waals surface area contributed by atoms with Gasteiger partial charge in [0.25, 0.3) is 0 Å². The number of allylic oxidation sites excluding steroid dienone is 1. The number of hydrogen-bond donors (Lipinski definition) is 3. The fourth-order valence-electron chi connectivity index (χ4n) is 3.44. The van der Waals surface area contributed by atoms with E-state index in [9.17, 15) is 8.78 Å². The molecule has 29 heavy (non-hydrogen) atoms. The summed E-state index contributed by atoms with van der Waals surface area (Å²) in [4.78, 5) is 14.5. The minimum absolute atomic E-state index is 0.0204. The van der Waals surface area contributed by atoms with Crippen LogP contribution in [0.5, 0.6) is 0 Å². The van der Waals surface area contributed by atoms with Gasteiger partial charge in [-0.15, -0.1) is 0 Å². The van der Waals surface area contributed by atoms with Crippen LogP contribution in [-0.4, -0.2) is 31.7 Å². The number of halogens is 2. The predicted octanol–water partition coefficient (Wildman–Crippen LogP) is 3.57. The third-order valence-electron chi connectivity index (χ3n) is 4.65. The highest BCUT2D eigenvalue weighted by Gasteiger charge is 2.31. The van der Waals surface area contributed by atoms with Crippen LogP contribution < -0.4 is 16.0 Å². The van der Waals surface area contributed by atoms with Crippen LogP contribution in [0.3, 0.4) is 0 Å². The minimum Gasteiger partial charge on any atom is -0.368 e. The molecule has 4 rings (SSSR count). The molecule has 2 aromatic heterocycles. The second kappa shape index (κ2) is 7.82. The average Bonchev–Trinajstić information content (AvgIpc) is 3.33. The van der Waals surface area contributed by atoms with E-state index >= 15 is 0 Å². The largest absolute Gasteiger partial charge is 0.368 e. The molecule has 1 aliphatic heterocycles. The van der Waals surface area contributed by atoms with E-state index in [1.54, 1.807) is 6.07 Å². The Bertz CT molecular complexity index is 1050. The van der Waals surface area contributed by atoms with Gasteiger partial charge in [-0.05, 0) is 44.0 Å². The van der Waals surface area contributed by atoms with Crippen molar-refractivity contribution in [3.05, 3.63) is 53.2 Å². The lowest BCUT2D eigenvalue weighted by molar-refractivity contribution is 0.559. The Kier molecular flexibility index (Phi) is 5.07. The minimum atomic E-state index is -0.485. The third kappa shape index (κ3) is 4.00. The van der Waals surface area contributed by atoms with E-state index in [-0.39, 0.29) is 23.5 Å². The van der Waals surface area contributed by atoms with E-state index in [1.165, 1.54) is 6.07 Å². The van der Waals surface area contributed by atoms with E-state index in [1.807, 2.05) is 24.0 Å². The zero-order valence-corrected chi connectivity index (χ0v) is 15.7. The number of nitrogen functional groups attached to an aromatic ring is 1. The van der Waals surface area contributed by atoms with Crippen LogP contribution in [-0.2, 0) is 0 Å². The van der Waals surface area contributed by atoms with Crippen LogP contribution >= 0.6 is 0 Å². The van der Waals surface area contributed by atoms with Gasteiger partial charge < -0.3 is 16.0 Å². The summed E-state index contributed by atoms with van der Waals surface area (Å²) >= 11 is 0. The summed E-state index contributed by atoms with van der Waals surface area (Å²) in [7, 11) is 0. The molecule has 3 aromatic rings. The maximum absolute atomic E-state index is 14.3. The Morgan fingerprint density at radius 3 is 2.93 bits per heavy atom. The molecule has 150 valence electrons. The standard InChI is InChI=1S/C19H20F2N8/c1-2-4-12-10-16(28-27-12)23-18-24-17(22)25-19(26-18)29-8-3-5-15(29)13-9-11(20)6-7-14(13)21/h2,4,6-7,9-10,15H,3,5,8H2,1H3,(H4,22,23,24,25,26,27,28)/b4-2+/t15-/m1/s1. The van der Waals surface area contributed by atoms with Gasteiger partial charge in [-0.3, -0.25) is 5.10 Å². The first kappa shape index (κ1) is 18.8. The number of nitrogens with zero attached hydrogens (tertiary/aromatic N) is 5. The molecule has 8 nitrogen and oxygen atoms in total. The summed E-state index contributed by atoms with van der Waals surface area (Å²) in [6.45, 7) is 2.50. The number of aromatic amines is 1. The molecule has 0 unspecified atom stereocenters. The van der Waals surface area contributed by atoms with Gasteiger partial charge in [-0.1, -0.05) is 6.08 Å². The molecule has 1 saturated heterocycles. The summed E-state index contributed by atoms with van der Waals surface area (Å²) in [5, 5.41) is 9.98. The molecule has 1 aromatic carbocycles.